The van der Waals surface area contributed by atoms with Crippen LogP contribution in [0.2, 0.25) is 0 Å². The summed E-state index contributed by atoms with van der Waals surface area (Å²) in [5, 5.41) is 12.2. The maximum Gasteiger partial charge on any atom is 0.230 e. The van der Waals surface area contributed by atoms with Crippen LogP contribution < -0.4 is 5.32 Å². The number of rotatable bonds is 9. The van der Waals surface area contributed by atoms with Crippen LogP contribution in [0.1, 0.15) is 65.6 Å². The molecule has 0 spiro atoms. The van der Waals surface area contributed by atoms with Crippen LogP contribution in [-0.4, -0.2) is 32.0 Å². The van der Waals surface area contributed by atoms with E-state index in [0.717, 1.165) is 23.8 Å². The third kappa shape index (κ3) is 7.29. The number of hydrogen-bond acceptors (Lipinski definition) is 4. The zero-order valence-electron chi connectivity index (χ0n) is 14.6. The van der Waals surface area contributed by atoms with Gasteiger partial charge in [-0.15, -0.1) is 10.2 Å². The van der Waals surface area contributed by atoms with E-state index < -0.39 is 0 Å². The predicted molar refractivity (Wildman–Crippen MR) is 92.1 cm³/mol. The number of aromatic nitrogens is 3. The van der Waals surface area contributed by atoms with E-state index in [2.05, 4.69) is 22.4 Å². The Morgan fingerprint density at radius 3 is 2.50 bits per heavy atom. The van der Waals surface area contributed by atoms with Gasteiger partial charge in [0.25, 0.3) is 0 Å². The van der Waals surface area contributed by atoms with Crippen molar-refractivity contribution in [1.82, 2.24) is 20.1 Å². The van der Waals surface area contributed by atoms with E-state index in [9.17, 15) is 4.79 Å². The molecule has 0 fully saturated rings. The van der Waals surface area contributed by atoms with Gasteiger partial charge in [0.15, 0.2) is 5.16 Å². The fourth-order valence-corrected chi connectivity index (χ4v) is 2.89. The van der Waals surface area contributed by atoms with E-state index in [4.69, 9.17) is 0 Å². The van der Waals surface area contributed by atoms with Gasteiger partial charge in [0.1, 0.15) is 5.82 Å². The molecule has 5 nitrogen and oxygen atoms in total. The molecule has 126 valence electrons. The Hall–Kier alpha value is -1.04. The first-order chi connectivity index (χ1) is 10.3. The molecule has 0 saturated heterocycles. The second-order valence-electron chi connectivity index (χ2n) is 6.71. The number of unbranched alkanes of at least 4 members (excludes halogenated alkanes) is 4. The van der Waals surface area contributed by atoms with Gasteiger partial charge in [-0.05, 0) is 27.2 Å². The zero-order valence-corrected chi connectivity index (χ0v) is 15.4. The lowest BCUT2D eigenvalue weighted by Crippen LogP contribution is -2.41. The monoisotopic (exact) mass is 326 g/mol. The minimum Gasteiger partial charge on any atom is -0.351 e. The maximum atomic E-state index is 11.8. The summed E-state index contributed by atoms with van der Waals surface area (Å²) >= 11 is 1.44. The third-order valence-corrected chi connectivity index (χ3v) is 4.30. The summed E-state index contributed by atoms with van der Waals surface area (Å²) < 4.78 is 2.01. The van der Waals surface area contributed by atoms with Crippen LogP contribution in [0.5, 0.6) is 0 Å². The first-order valence-corrected chi connectivity index (χ1v) is 9.14. The smallest absolute Gasteiger partial charge is 0.230 e. The average Bonchev–Trinajstić information content (AvgIpc) is 2.75. The lowest BCUT2D eigenvalue weighted by atomic mass is 10.1. The van der Waals surface area contributed by atoms with E-state index >= 15 is 0 Å². The Morgan fingerprint density at radius 2 is 1.86 bits per heavy atom. The second kappa shape index (κ2) is 9.18. The zero-order chi connectivity index (χ0) is 16.6. The summed E-state index contributed by atoms with van der Waals surface area (Å²) in [6.45, 7) is 8.17. The fourth-order valence-electron chi connectivity index (χ4n) is 2.16. The molecule has 6 heteroatoms. The first-order valence-electron chi connectivity index (χ1n) is 8.15. The SMILES string of the molecule is CCCCCCCc1nnc(SCC(=O)NC(C)(C)C)n1C. The van der Waals surface area contributed by atoms with Gasteiger partial charge in [0, 0.05) is 19.0 Å². The van der Waals surface area contributed by atoms with Crippen molar-refractivity contribution in [2.75, 3.05) is 5.75 Å². The van der Waals surface area contributed by atoms with Crippen LogP contribution in [0, 0.1) is 0 Å². The highest BCUT2D eigenvalue weighted by atomic mass is 32.2. The molecule has 0 saturated carbocycles. The molecule has 1 N–H and O–H groups in total. The molecule has 1 aromatic rings. The molecule has 0 unspecified atom stereocenters. The third-order valence-electron chi connectivity index (χ3n) is 3.28. The van der Waals surface area contributed by atoms with Gasteiger partial charge in [-0.3, -0.25) is 4.79 Å². The lowest BCUT2D eigenvalue weighted by Gasteiger charge is -2.20. The number of thioether (sulfide) groups is 1. The maximum absolute atomic E-state index is 11.8. The van der Waals surface area contributed by atoms with Crippen molar-refractivity contribution in [2.24, 2.45) is 7.05 Å². The van der Waals surface area contributed by atoms with Crippen LogP contribution in [0.3, 0.4) is 0 Å². The molecule has 1 amide bonds. The molecule has 0 atom stereocenters. The Balaban J connectivity index is 2.38. The van der Waals surface area contributed by atoms with Gasteiger partial charge in [0.2, 0.25) is 5.91 Å². The number of hydrogen-bond donors (Lipinski definition) is 1. The largest absolute Gasteiger partial charge is 0.351 e. The molecule has 0 aliphatic heterocycles. The quantitative estimate of drug-likeness (QED) is 0.558. The number of nitrogens with one attached hydrogen (secondary N) is 1. The molecule has 0 aliphatic carbocycles. The number of carbonyl (C=O) groups is 1. The fraction of sp³-hybridized carbons (Fsp3) is 0.812. The van der Waals surface area contributed by atoms with Gasteiger partial charge < -0.3 is 9.88 Å². The highest BCUT2D eigenvalue weighted by Gasteiger charge is 2.15. The molecule has 0 bridgehead atoms. The van der Waals surface area contributed by atoms with E-state index in [-0.39, 0.29) is 11.4 Å². The highest BCUT2D eigenvalue weighted by molar-refractivity contribution is 7.99. The van der Waals surface area contributed by atoms with Gasteiger partial charge in [0.05, 0.1) is 5.75 Å². The number of carbonyl (C=O) groups excluding carboxylic acids is 1. The molecule has 1 heterocycles. The minimum absolute atomic E-state index is 0.0293. The molecule has 0 aliphatic rings. The summed E-state index contributed by atoms with van der Waals surface area (Å²) in [4.78, 5) is 11.8. The molecule has 1 aromatic heterocycles. The average molecular weight is 327 g/mol. The lowest BCUT2D eigenvalue weighted by molar-refractivity contribution is -0.119. The summed E-state index contributed by atoms with van der Waals surface area (Å²) in [6.07, 6.45) is 7.23. The number of nitrogens with zero attached hydrogens (tertiary/aromatic N) is 3. The van der Waals surface area contributed by atoms with Crippen LogP contribution in [0.4, 0.5) is 0 Å². The Morgan fingerprint density at radius 1 is 1.18 bits per heavy atom. The van der Waals surface area contributed by atoms with Crippen molar-refractivity contribution in [3.63, 3.8) is 0 Å². The van der Waals surface area contributed by atoms with Crippen molar-refractivity contribution in [2.45, 2.75) is 76.9 Å². The van der Waals surface area contributed by atoms with Gasteiger partial charge in [-0.25, -0.2) is 0 Å². The number of aryl methyl sites for hydroxylation is 1. The van der Waals surface area contributed by atoms with Crippen molar-refractivity contribution in [3.05, 3.63) is 5.82 Å². The molecule has 22 heavy (non-hydrogen) atoms. The van der Waals surface area contributed by atoms with Gasteiger partial charge in [-0.1, -0.05) is 44.4 Å². The molecule has 0 aromatic carbocycles. The van der Waals surface area contributed by atoms with Crippen LogP contribution in [-0.2, 0) is 18.3 Å². The van der Waals surface area contributed by atoms with Crippen LogP contribution in [0.15, 0.2) is 5.16 Å². The molecule has 1 rings (SSSR count). The second-order valence-corrected chi connectivity index (χ2v) is 7.65. The Bertz CT molecular complexity index is 465. The Kier molecular flexibility index (Phi) is 7.93. The molecular formula is C16H30N4OS. The van der Waals surface area contributed by atoms with E-state index in [1.807, 2.05) is 32.4 Å². The number of amides is 1. The van der Waals surface area contributed by atoms with Gasteiger partial charge in [-0.2, -0.15) is 0 Å². The predicted octanol–water partition coefficient (Wildman–Crippen LogP) is 3.33. The van der Waals surface area contributed by atoms with Crippen molar-refractivity contribution < 1.29 is 4.79 Å². The standard InChI is InChI=1S/C16H30N4OS/c1-6-7-8-9-10-11-13-18-19-15(20(13)5)22-12-14(21)17-16(2,3)4/h6-12H2,1-5H3,(H,17,21). The van der Waals surface area contributed by atoms with E-state index in [1.165, 1.54) is 37.4 Å². The topological polar surface area (TPSA) is 59.8 Å². The molecular weight excluding hydrogens is 296 g/mol. The van der Waals surface area contributed by atoms with Gasteiger partial charge >= 0.3 is 0 Å². The highest BCUT2D eigenvalue weighted by Crippen LogP contribution is 2.17. The minimum atomic E-state index is -0.193. The first kappa shape index (κ1) is 19.0. The summed E-state index contributed by atoms with van der Waals surface area (Å²) in [5.41, 5.74) is -0.193. The summed E-state index contributed by atoms with van der Waals surface area (Å²) in [6, 6.07) is 0. The van der Waals surface area contributed by atoms with E-state index in [1.54, 1.807) is 0 Å². The Labute approximate surface area is 138 Å². The normalized spacial score (nSPS) is 11.7. The van der Waals surface area contributed by atoms with E-state index in [0.29, 0.717) is 5.75 Å². The molecule has 0 radical (unpaired) electrons. The summed E-state index contributed by atoms with van der Waals surface area (Å²) in [7, 11) is 1.98. The van der Waals surface area contributed by atoms with Crippen LogP contribution >= 0.6 is 11.8 Å². The van der Waals surface area contributed by atoms with Crippen LogP contribution in [0.25, 0.3) is 0 Å². The summed E-state index contributed by atoms with van der Waals surface area (Å²) in [5.74, 6) is 1.41. The van der Waals surface area contributed by atoms with Crippen molar-refractivity contribution in [3.8, 4) is 0 Å². The van der Waals surface area contributed by atoms with Crippen molar-refractivity contribution in [1.29, 1.82) is 0 Å². The van der Waals surface area contributed by atoms with Crippen molar-refractivity contribution >= 4 is 17.7 Å².